The Labute approximate surface area is 102 Å². The van der Waals surface area contributed by atoms with Gasteiger partial charge in [0.25, 0.3) is 0 Å². The van der Waals surface area contributed by atoms with Gasteiger partial charge in [-0.25, -0.2) is 8.78 Å². The topological polar surface area (TPSA) is 17.1 Å². The molecule has 0 aliphatic rings. The van der Waals surface area contributed by atoms with Gasteiger partial charge < -0.3 is 0 Å². The summed E-state index contributed by atoms with van der Waals surface area (Å²) in [4.78, 5) is 10.8. The molecule has 0 aliphatic heterocycles. The summed E-state index contributed by atoms with van der Waals surface area (Å²) in [5.74, 6) is -1.09. The Morgan fingerprint density at radius 3 is 2.35 bits per heavy atom. The standard InChI is InChI=1S/C13H7ClF2O/c14-9-1-3-12(13(16)6-9)11-4-2-10(15)5-8(11)7-17/h1-7H. The smallest absolute Gasteiger partial charge is 0.150 e. The van der Waals surface area contributed by atoms with E-state index in [-0.39, 0.29) is 16.1 Å². The number of rotatable bonds is 2. The number of halogens is 3. The molecule has 0 radical (unpaired) electrons. The minimum Gasteiger partial charge on any atom is -0.298 e. The fourth-order valence-corrected chi connectivity index (χ4v) is 1.74. The van der Waals surface area contributed by atoms with Crippen LogP contribution in [0.1, 0.15) is 10.4 Å². The summed E-state index contributed by atoms with van der Waals surface area (Å²) < 4.78 is 26.6. The van der Waals surface area contributed by atoms with Gasteiger partial charge in [0.05, 0.1) is 0 Å². The summed E-state index contributed by atoms with van der Waals surface area (Å²) in [6, 6.07) is 7.72. The van der Waals surface area contributed by atoms with Crippen LogP contribution in [0.2, 0.25) is 5.02 Å². The molecule has 0 spiro atoms. The third kappa shape index (κ3) is 2.34. The number of carbonyl (C=O) groups excluding carboxylic acids is 1. The molecule has 17 heavy (non-hydrogen) atoms. The van der Waals surface area contributed by atoms with E-state index in [1.54, 1.807) is 0 Å². The molecule has 2 aromatic rings. The van der Waals surface area contributed by atoms with Crippen molar-refractivity contribution in [1.29, 1.82) is 0 Å². The van der Waals surface area contributed by atoms with Gasteiger partial charge in [0.2, 0.25) is 0 Å². The number of hydrogen-bond acceptors (Lipinski definition) is 1. The van der Waals surface area contributed by atoms with Crippen molar-refractivity contribution < 1.29 is 13.6 Å². The zero-order valence-electron chi connectivity index (χ0n) is 8.58. The summed E-state index contributed by atoms with van der Waals surface area (Å²) in [5.41, 5.74) is 0.665. The lowest BCUT2D eigenvalue weighted by Crippen LogP contribution is -1.92. The maximum absolute atomic E-state index is 13.7. The zero-order chi connectivity index (χ0) is 12.4. The van der Waals surface area contributed by atoms with E-state index in [2.05, 4.69) is 0 Å². The van der Waals surface area contributed by atoms with Crippen LogP contribution < -0.4 is 0 Å². The quantitative estimate of drug-likeness (QED) is 0.736. The Hall–Kier alpha value is -1.74. The molecule has 86 valence electrons. The van der Waals surface area contributed by atoms with Gasteiger partial charge in [-0.1, -0.05) is 17.7 Å². The van der Waals surface area contributed by atoms with Gasteiger partial charge in [-0.3, -0.25) is 4.79 Å². The van der Waals surface area contributed by atoms with E-state index in [9.17, 15) is 13.6 Å². The summed E-state index contributed by atoms with van der Waals surface area (Å²) in [7, 11) is 0. The van der Waals surface area contributed by atoms with E-state index in [0.717, 1.165) is 12.1 Å². The van der Waals surface area contributed by atoms with Crippen LogP contribution in [0.4, 0.5) is 8.78 Å². The van der Waals surface area contributed by atoms with Crippen LogP contribution in [-0.4, -0.2) is 6.29 Å². The predicted molar refractivity (Wildman–Crippen MR) is 62.2 cm³/mol. The van der Waals surface area contributed by atoms with E-state index >= 15 is 0 Å². The summed E-state index contributed by atoms with van der Waals surface area (Å²) in [5, 5.41) is 0.265. The predicted octanol–water partition coefficient (Wildman–Crippen LogP) is 4.10. The van der Waals surface area contributed by atoms with Gasteiger partial charge in [0.1, 0.15) is 11.6 Å². The Kier molecular flexibility index (Phi) is 3.20. The lowest BCUT2D eigenvalue weighted by molar-refractivity contribution is 0.112. The maximum Gasteiger partial charge on any atom is 0.150 e. The highest BCUT2D eigenvalue weighted by molar-refractivity contribution is 6.30. The Bertz CT molecular complexity index is 582. The van der Waals surface area contributed by atoms with Crippen molar-refractivity contribution in [3.05, 3.63) is 58.6 Å². The first-order valence-electron chi connectivity index (χ1n) is 4.82. The first-order valence-corrected chi connectivity index (χ1v) is 5.20. The van der Waals surface area contributed by atoms with Crippen molar-refractivity contribution in [3.63, 3.8) is 0 Å². The molecule has 0 saturated carbocycles. The van der Waals surface area contributed by atoms with Crippen LogP contribution in [0.3, 0.4) is 0 Å². The van der Waals surface area contributed by atoms with Gasteiger partial charge in [0, 0.05) is 16.1 Å². The van der Waals surface area contributed by atoms with Crippen molar-refractivity contribution in [2.24, 2.45) is 0 Å². The summed E-state index contributed by atoms with van der Waals surface area (Å²) in [6.45, 7) is 0. The molecule has 0 atom stereocenters. The number of hydrogen-bond donors (Lipinski definition) is 0. The van der Waals surface area contributed by atoms with Crippen LogP contribution in [0.15, 0.2) is 36.4 Å². The molecule has 0 aromatic heterocycles. The van der Waals surface area contributed by atoms with Crippen molar-refractivity contribution >= 4 is 17.9 Å². The lowest BCUT2D eigenvalue weighted by atomic mass is 10.00. The molecule has 1 nitrogen and oxygen atoms in total. The summed E-state index contributed by atoms with van der Waals surface area (Å²) in [6.07, 6.45) is 0.493. The van der Waals surface area contributed by atoms with E-state index in [1.165, 1.54) is 24.3 Å². The molecule has 2 aromatic carbocycles. The maximum atomic E-state index is 13.7. The van der Waals surface area contributed by atoms with Crippen molar-refractivity contribution in [1.82, 2.24) is 0 Å². The van der Waals surface area contributed by atoms with Gasteiger partial charge in [0.15, 0.2) is 6.29 Å². The minimum absolute atomic E-state index is 0.103. The molecule has 0 amide bonds. The molecule has 0 bridgehead atoms. The van der Waals surface area contributed by atoms with Crippen LogP contribution in [-0.2, 0) is 0 Å². The normalized spacial score (nSPS) is 10.3. The fourth-order valence-electron chi connectivity index (χ4n) is 1.58. The number of carbonyl (C=O) groups is 1. The number of aldehydes is 1. The van der Waals surface area contributed by atoms with E-state index in [4.69, 9.17) is 11.6 Å². The fraction of sp³-hybridized carbons (Fsp3) is 0. The highest BCUT2D eigenvalue weighted by Crippen LogP contribution is 2.28. The SMILES string of the molecule is O=Cc1cc(F)ccc1-c1ccc(Cl)cc1F. The Balaban J connectivity index is 2.63. The number of benzene rings is 2. The average molecular weight is 253 g/mol. The third-order valence-corrected chi connectivity index (χ3v) is 2.60. The first kappa shape index (κ1) is 11.7. The molecule has 0 aliphatic carbocycles. The average Bonchev–Trinajstić information content (AvgIpc) is 2.30. The molecule has 2 rings (SSSR count). The third-order valence-electron chi connectivity index (χ3n) is 2.36. The zero-order valence-corrected chi connectivity index (χ0v) is 9.34. The van der Waals surface area contributed by atoms with Crippen LogP contribution in [0, 0.1) is 11.6 Å². The second-order valence-corrected chi connectivity index (χ2v) is 3.91. The van der Waals surface area contributed by atoms with E-state index < -0.39 is 11.6 Å². The second-order valence-electron chi connectivity index (χ2n) is 3.47. The van der Waals surface area contributed by atoms with Crippen molar-refractivity contribution in [2.45, 2.75) is 0 Å². The highest BCUT2D eigenvalue weighted by atomic mass is 35.5. The molecule has 0 heterocycles. The van der Waals surface area contributed by atoms with Gasteiger partial charge >= 0.3 is 0 Å². The van der Waals surface area contributed by atoms with Crippen molar-refractivity contribution in [2.75, 3.05) is 0 Å². The largest absolute Gasteiger partial charge is 0.298 e. The molecule has 0 unspecified atom stereocenters. The van der Waals surface area contributed by atoms with Crippen LogP contribution in [0.5, 0.6) is 0 Å². The Morgan fingerprint density at radius 1 is 1.00 bits per heavy atom. The van der Waals surface area contributed by atoms with Crippen molar-refractivity contribution in [3.8, 4) is 11.1 Å². The minimum atomic E-state index is -0.549. The Morgan fingerprint density at radius 2 is 1.71 bits per heavy atom. The first-order chi connectivity index (χ1) is 8.11. The molecular formula is C13H7ClF2O. The molecular weight excluding hydrogens is 246 g/mol. The molecule has 0 fully saturated rings. The van der Waals surface area contributed by atoms with Crippen LogP contribution >= 0.6 is 11.6 Å². The van der Waals surface area contributed by atoms with Crippen LogP contribution in [0.25, 0.3) is 11.1 Å². The monoisotopic (exact) mass is 252 g/mol. The highest BCUT2D eigenvalue weighted by Gasteiger charge is 2.10. The molecule has 0 N–H and O–H groups in total. The lowest BCUT2D eigenvalue weighted by Gasteiger charge is -2.06. The van der Waals surface area contributed by atoms with E-state index in [1.807, 2.05) is 0 Å². The second kappa shape index (κ2) is 4.63. The van der Waals surface area contributed by atoms with Gasteiger partial charge in [-0.2, -0.15) is 0 Å². The molecule has 4 heteroatoms. The van der Waals surface area contributed by atoms with Gasteiger partial charge in [-0.15, -0.1) is 0 Å². The summed E-state index contributed by atoms with van der Waals surface area (Å²) >= 11 is 5.63. The molecule has 0 saturated heterocycles. The van der Waals surface area contributed by atoms with E-state index in [0.29, 0.717) is 11.8 Å². The van der Waals surface area contributed by atoms with Gasteiger partial charge in [-0.05, 0) is 35.9 Å².